The van der Waals surface area contributed by atoms with E-state index in [2.05, 4.69) is 34.2 Å². The Labute approximate surface area is 159 Å². The molecule has 2 heterocycles. The monoisotopic (exact) mass is 391 g/mol. The zero-order valence-electron chi connectivity index (χ0n) is 15.9. The summed E-state index contributed by atoms with van der Waals surface area (Å²) < 4.78 is 39.6. The summed E-state index contributed by atoms with van der Waals surface area (Å²) in [6.45, 7) is 7.39. The average molecular weight is 391 g/mol. The number of anilines is 1. The Morgan fingerprint density at radius 1 is 1.14 bits per heavy atom. The summed E-state index contributed by atoms with van der Waals surface area (Å²) >= 11 is 0. The van der Waals surface area contributed by atoms with Crippen LogP contribution in [0.4, 0.5) is 18.9 Å². The summed E-state index contributed by atoms with van der Waals surface area (Å²) in [5, 5.41) is 6.29. The Bertz CT molecular complexity index is 1020. The van der Waals surface area contributed by atoms with Crippen LogP contribution in [0.1, 0.15) is 48.1 Å². The molecule has 0 atom stereocenters. The van der Waals surface area contributed by atoms with Gasteiger partial charge in [0.15, 0.2) is 0 Å². The van der Waals surface area contributed by atoms with E-state index < -0.39 is 12.0 Å². The predicted molar refractivity (Wildman–Crippen MR) is 98.1 cm³/mol. The second-order valence-corrected chi connectivity index (χ2v) is 6.91. The summed E-state index contributed by atoms with van der Waals surface area (Å²) in [6, 6.07) is 7.53. The molecule has 0 bridgehead atoms. The number of hydrogen-bond donors (Lipinski definition) is 1. The van der Waals surface area contributed by atoms with Gasteiger partial charge < -0.3 is 5.32 Å². The number of aryl methyl sites for hydroxylation is 2. The van der Waals surface area contributed by atoms with Crippen molar-refractivity contribution in [1.82, 2.24) is 19.6 Å². The second-order valence-electron chi connectivity index (χ2n) is 6.91. The number of benzene rings is 1. The van der Waals surface area contributed by atoms with Gasteiger partial charge in [-0.3, -0.25) is 4.79 Å². The van der Waals surface area contributed by atoms with E-state index in [4.69, 9.17) is 0 Å². The zero-order chi connectivity index (χ0) is 20.6. The third-order valence-electron chi connectivity index (χ3n) is 4.50. The molecule has 1 amide bonds. The van der Waals surface area contributed by atoms with Crippen LogP contribution < -0.4 is 5.32 Å². The Morgan fingerprint density at radius 3 is 2.36 bits per heavy atom. The third-order valence-corrected chi connectivity index (χ3v) is 4.50. The van der Waals surface area contributed by atoms with E-state index in [0.717, 1.165) is 10.1 Å². The number of nitrogens with zero attached hydrogens (tertiary/aromatic N) is 4. The number of fused-ring (bicyclic) bond motifs is 1. The van der Waals surface area contributed by atoms with Crippen molar-refractivity contribution in [3.63, 3.8) is 0 Å². The normalized spacial score (nSPS) is 12.0. The molecule has 0 fully saturated rings. The van der Waals surface area contributed by atoms with Crippen molar-refractivity contribution >= 4 is 17.4 Å². The first kappa shape index (κ1) is 19.8. The van der Waals surface area contributed by atoms with Gasteiger partial charge in [0.2, 0.25) is 5.91 Å². The van der Waals surface area contributed by atoms with Gasteiger partial charge in [0.25, 0.3) is 11.6 Å². The van der Waals surface area contributed by atoms with Gasteiger partial charge in [-0.2, -0.15) is 18.2 Å². The molecule has 0 aliphatic rings. The number of carbonyl (C=O) groups is 1. The number of halogens is 3. The van der Waals surface area contributed by atoms with E-state index in [1.807, 2.05) is 24.3 Å². The average Bonchev–Trinajstić information content (AvgIpc) is 3.03. The van der Waals surface area contributed by atoms with Crippen molar-refractivity contribution in [2.24, 2.45) is 0 Å². The Morgan fingerprint density at radius 2 is 1.79 bits per heavy atom. The van der Waals surface area contributed by atoms with Crippen molar-refractivity contribution in [3.05, 3.63) is 52.6 Å². The summed E-state index contributed by atoms with van der Waals surface area (Å²) in [7, 11) is 0. The second kappa shape index (κ2) is 7.21. The maximum atomic E-state index is 12.9. The van der Waals surface area contributed by atoms with Crippen molar-refractivity contribution in [2.45, 2.75) is 46.2 Å². The van der Waals surface area contributed by atoms with E-state index in [9.17, 15) is 18.0 Å². The van der Waals surface area contributed by atoms with E-state index in [-0.39, 0.29) is 18.1 Å². The number of aromatic nitrogens is 4. The lowest BCUT2D eigenvalue weighted by molar-refractivity contribution is -0.144. The maximum absolute atomic E-state index is 12.9. The molecule has 2 aromatic heterocycles. The first-order chi connectivity index (χ1) is 13.1. The van der Waals surface area contributed by atoms with Crippen LogP contribution in [0, 0.1) is 13.8 Å². The fourth-order valence-electron chi connectivity index (χ4n) is 2.90. The largest absolute Gasteiger partial charge is 0.453 e. The number of amides is 1. The number of hydrogen-bond acceptors (Lipinski definition) is 4. The van der Waals surface area contributed by atoms with E-state index in [0.29, 0.717) is 28.6 Å². The molecular weight excluding hydrogens is 371 g/mol. The molecular formula is C19H20F3N5O. The molecule has 148 valence electrons. The topological polar surface area (TPSA) is 72.2 Å². The van der Waals surface area contributed by atoms with Gasteiger partial charge in [-0.1, -0.05) is 26.0 Å². The molecule has 28 heavy (non-hydrogen) atoms. The molecule has 1 N–H and O–H groups in total. The van der Waals surface area contributed by atoms with Gasteiger partial charge in [0.05, 0.1) is 6.42 Å². The minimum Gasteiger partial charge on any atom is -0.326 e. The number of carbonyl (C=O) groups excluding carboxylic acids is 1. The quantitative estimate of drug-likeness (QED) is 0.728. The number of alkyl halides is 3. The highest BCUT2D eigenvalue weighted by Gasteiger charge is 2.37. The van der Waals surface area contributed by atoms with Crippen molar-refractivity contribution in [2.75, 3.05) is 5.32 Å². The first-order valence-corrected chi connectivity index (χ1v) is 8.76. The van der Waals surface area contributed by atoms with E-state index in [1.54, 1.807) is 13.8 Å². The summed E-state index contributed by atoms with van der Waals surface area (Å²) in [4.78, 5) is 19.9. The lowest BCUT2D eigenvalue weighted by atomic mass is 10.0. The first-order valence-electron chi connectivity index (χ1n) is 8.76. The molecule has 0 unspecified atom stereocenters. The Hall–Kier alpha value is -2.97. The van der Waals surface area contributed by atoms with Crippen LogP contribution in [0.2, 0.25) is 0 Å². The van der Waals surface area contributed by atoms with Crippen LogP contribution >= 0.6 is 0 Å². The lowest BCUT2D eigenvalue weighted by Crippen LogP contribution is -2.18. The van der Waals surface area contributed by atoms with Crippen LogP contribution in [0.15, 0.2) is 24.3 Å². The summed E-state index contributed by atoms with van der Waals surface area (Å²) in [6.07, 6.45) is -4.69. The zero-order valence-corrected chi connectivity index (χ0v) is 15.9. The maximum Gasteiger partial charge on any atom is 0.453 e. The van der Waals surface area contributed by atoms with Crippen molar-refractivity contribution in [3.8, 4) is 0 Å². The molecule has 3 aromatic rings. The Kier molecular flexibility index (Phi) is 5.10. The molecule has 9 heteroatoms. The van der Waals surface area contributed by atoms with Gasteiger partial charge >= 0.3 is 6.18 Å². The smallest absolute Gasteiger partial charge is 0.326 e. The van der Waals surface area contributed by atoms with Crippen LogP contribution in [0.25, 0.3) is 5.78 Å². The SMILES string of the molecule is Cc1nc2nc(C(F)(F)F)nn2c(C)c1CC(=O)Nc1ccc(C(C)C)cc1. The molecule has 0 spiro atoms. The molecule has 0 aliphatic carbocycles. The summed E-state index contributed by atoms with van der Waals surface area (Å²) in [5.74, 6) is -1.30. The lowest BCUT2D eigenvalue weighted by Gasteiger charge is -2.11. The highest BCUT2D eigenvalue weighted by Crippen LogP contribution is 2.27. The highest BCUT2D eigenvalue weighted by atomic mass is 19.4. The van der Waals surface area contributed by atoms with E-state index >= 15 is 0 Å². The molecule has 3 rings (SSSR count). The van der Waals surface area contributed by atoms with Crippen molar-refractivity contribution < 1.29 is 18.0 Å². The molecule has 1 aromatic carbocycles. The third kappa shape index (κ3) is 3.97. The molecule has 0 saturated heterocycles. The van der Waals surface area contributed by atoms with Gasteiger partial charge in [-0.05, 0) is 37.5 Å². The van der Waals surface area contributed by atoms with Crippen molar-refractivity contribution in [1.29, 1.82) is 0 Å². The minimum absolute atomic E-state index is 0.0340. The van der Waals surface area contributed by atoms with Crippen LogP contribution in [-0.4, -0.2) is 25.5 Å². The number of rotatable bonds is 4. The van der Waals surface area contributed by atoms with E-state index in [1.165, 1.54) is 0 Å². The highest BCUT2D eigenvalue weighted by molar-refractivity contribution is 5.92. The molecule has 0 aliphatic heterocycles. The fourth-order valence-corrected chi connectivity index (χ4v) is 2.90. The molecule has 6 nitrogen and oxygen atoms in total. The standard InChI is InChI=1S/C19H20F3N5O/c1-10(2)13-5-7-14(8-6-13)24-16(28)9-15-11(3)23-18-25-17(19(20,21)22)26-27(18)12(15)4/h5-8,10H,9H2,1-4H3,(H,24,28). The van der Waals surface area contributed by atoms with Gasteiger partial charge in [-0.25, -0.2) is 9.50 Å². The fraction of sp³-hybridized carbons (Fsp3) is 0.368. The predicted octanol–water partition coefficient (Wildman–Crippen LogP) is 4.06. The van der Waals surface area contributed by atoms with Crippen LogP contribution in [0.3, 0.4) is 0 Å². The van der Waals surface area contributed by atoms with Gasteiger partial charge in [0.1, 0.15) is 0 Å². The van der Waals surface area contributed by atoms with Gasteiger partial charge in [-0.15, -0.1) is 5.10 Å². The molecule has 0 radical (unpaired) electrons. The van der Waals surface area contributed by atoms with Crippen LogP contribution in [-0.2, 0) is 17.4 Å². The number of nitrogens with one attached hydrogen (secondary N) is 1. The Balaban J connectivity index is 1.84. The van der Waals surface area contributed by atoms with Gasteiger partial charge in [0, 0.05) is 22.6 Å². The minimum atomic E-state index is -4.66. The summed E-state index contributed by atoms with van der Waals surface area (Å²) in [5.41, 5.74) is 3.17. The molecule has 0 saturated carbocycles. The van der Waals surface area contributed by atoms with Crippen LogP contribution in [0.5, 0.6) is 0 Å².